The molecule has 2 aromatic rings. The van der Waals surface area contributed by atoms with Gasteiger partial charge < -0.3 is 10.2 Å². The largest absolute Gasteiger partial charge is 0.352 e. The number of benzene rings is 2. The van der Waals surface area contributed by atoms with E-state index in [1.807, 2.05) is 0 Å². The van der Waals surface area contributed by atoms with Crippen LogP contribution in [0.2, 0.25) is 15.1 Å². The third kappa shape index (κ3) is 7.72. The first-order valence-corrected chi connectivity index (χ1v) is 14.8. The predicted molar refractivity (Wildman–Crippen MR) is 145 cm³/mol. The molecule has 0 saturated heterocycles. The van der Waals surface area contributed by atoms with Gasteiger partial charge >= 0.3 is 0 Å². The van der Waals surface area contributed by atoms with Crippen LogP contribution in [0.1, 0.15) is 44.6 Å². The van der Waals surface area contributed by atoms with E-state index in [2.05, 4.69) is 5.32 Å². The number of rotatable bonds is 9. The fourth-order valence-electron chi connectivity index (χ4n) is 4.26. The van der Waals surface area contributed by atoms with E-state index in [0.29, 0.717) is 15.6 Å². The molecule has 2 amide bonds. The minimum absolute atomic E-state index is 0.0114. The van der Waals surface area contributed by atoms with Crippen molar-refractivity contribution < 1.29 is 22.4 Å². The van der Waals surface area contributed by atoms with Gasteiger partial charge in [0.05, 0.1) is 17.0 Å². The molecule has 7 nitrogen and oxygen atoms in total. The van der Waals surface area contributed by atoms with E-state index >= 15 is 0 Å². The molecule has 1 saturated carbocycles. The normalized spacial score (nSPS) is 15.2. The Hall–Kier alpha value is -2.07. The molecule has 0 aromatic heterocycles. The van der Waals surface area contributed by atoms with E-state index in [1.54, 1.807) is 25.1 Å². The van der Waals surface area contributed by atoms with Crippen molar-refractivity contribution in [3.63, 3.8) is 0 Å². The minimum atomic E-state index is -3.98. The van der Waals surface area contributed by atoms with Crippen LogP contribution >= 0.6 is 34.8 Å². The van der Waals surface area contributed by atoms with Crippen LogP contribution < -0.4 is 9.62 Å². The van der Waals surface area contributed by atoms with Gasteiger partial charge in [0.1, 0.15) is 18.4 Å². The molecule has 0 unspecified atom stereocenters. The van der Waals surface area contributed by atoms with Gasteiger partial charge in [0.25, 0.3) is 0 Å². The van der Waals surface area contributed by atoms with Crippen molar-refractivity contribution in [2.75, 3.05) is 17.1 Å². The smallest absolute Gasteiger partial charge is 0.244 e. The first-order valence-electron chi connectivity index (χ1n) is 11.8. The summed E-state index contributed by atoms with van der Waals surface area (Å²) in [5.41, 5.74) is 0.435. The van der Waals surface area contributed by atoms with Gasteiger partial charge in [-0.1, -0.05) is 60.1 Å². The number of nitrogens with one attached hydrogen (secondary N) is 1. The SMILES string of the molecule is C[C@H](C(=O)NC1CCCCC1)N(Cc1c(Cl)cccc1Cl)C(=O)CN(c1ccc(F)c(Cl)c1)S(C)(=O)=O. The number of sulfonamides is 1. The highest BCUT2D eigenvalue weighted by molar-refractivity contribution is 7.92. The zero-order valence-corrected chi connectivity index (χ0v) is 23.6. The molecule has 3 rings (SSSR count). The first kappa shape index (κ1) is 29.5. The molecule has 1 aliphatic carbocycles. The Bertz CT molecular complexity index is 1240. The van der Waals surface area contributed by atoms with Crippen LogP contribution in [0.4, 0.5) is 10.1 Å². The molecule has 0 aliphatic heterocycles. The van der Waals surface area contributed by atoms with Crippen molar-refractivity contribution in [3.05, 3.63) is 62.8 Å². The van der Waals surface area contributed by atoms with Crippen LogP contribution in [-0.4, -0.2) is 50.0 Å². The predicted octanol–water partition coefficient (Wildman–Crippen LogP) is 5.42. The van der Waals surface area contributed by atoms with Gasteiger partial charge in [-0.3, -0.25) is 13.9 Å². The number of amides is 2. The van der Waals surface area contributed by atoms with Crippen LogP contribution in [0.25, 0.3) is 0 Å². The molecule has 1 fully saturated rings. The summed E-state index contributed by atoms with van der Waals surface area (Å²) in [6.07, 6.45) is 5.78. The Morgan fingerprint density at radius 2 is 1.68 bits per heavy atom. The number of hydrogen-bond donors (Lipinski definition) is 1. The van der Waals surface area contributed by atoms with Crippen molar-refractivity contribution in [1.82, 2.24) is 10.2 Å². The Labute approximate surface area is 231 Å². The highest BCUT2D eigenvalue weighted by Crippen LogP contribution is 2.28. The van der Waals surface area contributed by atoms with Crippen molar-refractivity contribution >= 4 is 62.3 Å². The van der Waals surface area contributed by atoms with Gasteiger partial charge in [0.15, 0.2) is 0 Å². The van der Waals surface area contributed by atoms with Crippen molar-refractivity contribution in [2.45, 2.75) is 57.7 Å². The van der Waals surface area contributed by atoms with Gasteiger partial charge in [0.2, 0.25) is 21.8 Å². The molecule has 12 heteroatoms. The maximum absolute atomic E-state index is 13.7. The molecule has 0 heterocycles. The lowest BCUT2D eigenvalue weighted by Gasteiger charge is -2.33. The third-order valence-corrected chi connectivity index (χ3v) is 8.52. The summed E-state index contributed by atoms with van der Waals surface area (Å²) >= 11 is 18.6. The van der Waals surface area contributed by atoms with Crippen molar-refractivity contribution in [3.8, 4) is 0 Å². The monoisotopic (exact) mass is 591 g/mol. The standard InChI is InChI=1S/C25H29Cl3FN3O4S/c1-16(25(34)30-17-7-4-3-5-8-17)31(14-19-20(26)9-6-10-21(19)27)24(33)15-32(37(2,35)36)18-11-12-23(29)22(28)13-18/h6,9-13,16-17H,3-5,7-8,14-15H2,1-2H3,(H,30,34)/t16-/m1/s1. The first-order chi connectivity index (χ1) is 17.4. The van der Waals surface area contributed by atoms with Crippen LogP contribution in [0.3, 0.4) is 0 Å². The average molecular weight is 593 g/mol. The molecule has 1 N–H and O–H groups in total. The zero-order chi connectivity index (χ0) is 27.3. The second-order valence-electron chi connectivity index (χ2n) is 9.11. The lowest BCUT2D eigenvalue weighted by atomic mass is 9.95. The Kier molecular flexibility index (Phi) is 10.1. The summed E-state index contributed by atoms with van der Waals surface area (Å²) in [5, 5.41) is 3.32. The van der Waals surface area contributed by atoms with E-state index in [0.717, 1.165) is 54.8 Å². The molecule has 0 bridgehead atoms. The molecule has 1 aliphatic rings. The second kappa shape index (κ2) is 12.7. The van der Waals surface area contributed by atoms with Gasteiger partial charge in [0, 0.05) is 28.2 Å². The lowest BCUT2D eigenvalue weighted by Crippen LogP contribution is -2.53. The molecule has 0 spiro atoms. The van der Waals surface area contributed by atoms with Gasteiger partial charge in [-0.05, 0) is 50.1 Å². The van der Waals surface area contributed by atoms with E-state index in [4.69, 9.17) is 34.8 Å². The molecular formula is C25H29Cl3FN3O4S. The fraction of sp³-hybridized carbons (Fsp3) is 0.440. The van der Waals surface area contributed by atoms with Crippen LogP contribution in [0, 0.1) is 5.82 Å². The van der Waals surface area contributed by atoms with Crippen molar-refractivity contribution in [2.24, 2.45) is 0 Å². The maximum atomic E-state index is 13.7. The molecule has 1 atom stereocenters. The molecule has 0 radical (unpaired) electrons. The topological polar surface area (TPSA) is 86.8 Å². The van der Waals surface area contributed by atoms with Crippen molar-refractivity contribution in [1.29, 1.82) is 0 Å². The summed E-state index contributed by atoms with van der Waals surface area (Å²) in [6.45, 7) is 0.794. The van der Waals surface area contributed by atoms with E-state index in [9.17, 15) is 22.4 Å². The van der Waals surface area contributed by atoms with Gasteiger partial charge in [-0.25, -0.2) is 12.8 Å². The Balaban J connectivity index is 1.93. The van der Waals surface area contributed by atoms with Crippen LogP contribution in [0.15, 0.2) is 36.4 Å². The maximum Gasteiger partial charge on any atom is 0.244 e. The average Bonchev–Trinajstić information content (AvgIpc) is 2.83. The van der Waals surface area contributed by atoms with Crippen LogP contribution in [-0.2, 0) is 26.2 Å². The summed E-state index contributed by atoms with van der Waals surface area (Å²) in [7, 11) is -3.98. The molecule has 37 heavy (non-hydrogen) atoms. The van der Waals surface area contributed by atoms with Gasteiger partial charge in [-0.15, -0.1) is 0 Å². The third-order valence-electron chi connectivity index (χ3n) is 6.38. The molecule has 2 aromatic carbocycles. The number of nitrogens with zero attached hydrogens (tertiary/aromatic N) is 2. The quantitative estimate of drug-likeness (QED) is 0.421. The van der Waals surface area contributed by atoms with E-state index < -0.39 is 34.3 Å². The Morgan fingerprint density at radius 1 is 1.05 bits per heavy atom. The summed E-state index contributed by atoms with van der Waals surface area (Å²) in [5.74, 6) is -1.76. The number of anilines is 1. The summed E-state index contributed by atoms with van der Waals surface area (Å²) in [4.78, 5) is 28.1. The number of carbonyl (C=O) groups is 2. The second-order valence-corrected chi connectivity index (χ2v) is 12.2. The highest BCUT2D eigenvalue weighted by Gasteiger charge is 2.32. The minimum Gasteiger partial charge on any atom is -0.352 e. The van der Waals surface area contributed by atoms with E-state index in [-0.39, 0.29) is 29.2 Å². The zero-order valence-electron chi connectivity index (χ0n) is 20.5. The molecule has 202 valence electrons. The summed E-state index contributed by atoms with van der Waals surface area (Å²) < 4.78 is 39.8. The fourth-order valence-corrected chi connectivity index (χ4v) is 5.79. The number of carbonyl (C=O) groups excluding carboxylic acids is 2. The number of halogens is 4. The lowest BCUT2D eigenvalue weighted by molar-refractivity contribution is -0.139. The van der Waals surface area contributed by atoms with Crippen LogP contribution in [0.5, 0.6) is 0 Å². The van der Waals surface area contributed by atoms with Gasteiger partial charge in [-0.2, -0.15) is 0 Å². The molecular weight excluding hydrogens is 564 g/mol. The van der Waals surface area contributed by atoms with E-state index in [1.165, 1.54) is 11.0 Å². The summed E-state index contributed by atoms with van der Waals surface area (Å²) in [6, 6.07) is 7.29. The number of hydrogen-bond acceptors (Lipinski definition) is 4. The highest BCUT2D eigenvalue weighted by atomic mass is 35.5. The Morgan fingerprint density at radius 3 is 2.24 bits per heavy atom.